The lowest BCUT2D eigenvalue weighted by molar-refractivity contribution is 0.104. The van der Waals surface area contributed by atoms with Crippen LogP contribution < -0.4 is 18.9 Å². The molecule has 0 bridgehead atoms. The van der Waals surface area contributed by atoms with E-state index < -0.39 is 0 Å². The number of carbonyl (C=O) groups is 1. The topological polar surface area (TPSA) is 54.0 Å². The molecular weight excluding hydrogens is 488 g/mol. The molecule has 0 N–H and O–H groups in total. The Morgan fingerprint density at radius 2 is 1.33 bits per heavy atom. The van der Waals surface area contributed by atoms with Crippen LogP contribution in [0.4, 0.5) is 0 Å². The van der Waals surface area contributed by atoms with Crippen LogP contribution in [0.25, 0.3) is 6.08 Å². The van der Waals surface area contributed by atoms with Gasteiger partial charge in [-0.15, -0.1) is 0 Å². The second kappa shape index (κ2) is 17.6. The normalized spacial score (nSPS) is 13.6. The average molecular weight is 539 g/mol. The van der Waals surface area contributed by atoms with E-state index in [2.05, 4.69) is 41.5 Å². The number of unbranched alkanes of at least 4 members (excludes halogenated alkanes) is 3. The minimum absolute atomic E-state index is 0.00989. The highest BCUT2D eigenvalue weighted by molar-refractivity contribution is 6.08. The van der Waals surface area contributed by atoms with Gasteiger partial charge in [-0.05, 0) is 70.4 Å². The van der Waals surface area contributed by atoms with Crippen LogP contribution in [0.2, 0.25) is 0 Å². The summed E-state index contributed by atoms with van der Waals surface area (Å²) in [6.07, 6.45) is 13.0. The van der Waals surface area contributed by atoms with E-state index in [0.717, 1.165) is 63.4 Å². The fraction of sp³-hybridized carbons (Fsp3) is 0.559. The molecule has 0 radical (unpaired) electrons. The molecule has 2 aromatic carbocycles. The van der Waals surface area contributed by atoms with Crippen molar-refractivity contribution in [1.82, 2.24) is 0 Å². The van der Waals surface area contributed by atoms with Crippen molar-refractivity contribution in [3.8, 4) is 23.0 Å². The Balaban J connectivity index is 2.39. The molecule has 0 spiro atoms. The zero-order valence-corrected chi connectivity index (χ0v) is 25.3. The van der Waals surface area contributed by atoms with Gasteiger partial charge in [0.1, 0.15) is 11.5 Å². The number of para-hydroxylation sites is 1. The quantitative estimate of drug-likeness (QED) is 0.132. The van der Waals surface area contributed by atoms with Crippen molar-refractivity contribution in [2.45, 2.75) is 118 Å². The zero-order chi connectivity index (χ0) is 28.6. The maximum absolute atomic E-state index is 13.4. The highest BCUT2D eigenvalue weighted by Gasteiger charge is 2.18. The third-order valence-corrected chi connectivity index (χ3v) is 6.72. The lowest BCUT2D eigenvalue weighted by Crippen LogP contribution is -2.14. The molecule has 0 amide bonds. The molecule has 0 aliphatic carbocycles. The van der Waals surface area contributed by atoms with E-state index in [-0.39, 0.29) is 24.1 Å². The molecule has 0 saturated carbocycles. The predicted molar refractivity (Wildman–Crippen MR) is 162 cm³/mol. The van der Waals surface area contributed by atoms with Gasteiger partial charge in [0.05, 0.1) is 31.0 Å². The fourth-order valence-corrected chi connectivity index (χ4v) is 4.40. The summed E-state index contributed by atoms with van der Waals surface area (Å²) in [6.45, 7) is 12.7. The third-order valence-electron chi connectivity index (χ3n) is 6.72. The number of carbonyl (C=O) groups excluding carboxylic acids is 1. The van der Waals surface area contributed by atoms with Gasteiger partial charge in [-0.25, -0.2) is 0 Å². The molecule has 5 heteroatoms. The first-order valence-electron chi connectivity index (χ1n) is 14.9. The third kappa shape index (κ3) is 11.0. The van der Waals surface area contributed by atoms with Gasteiger partial charge in [-0.2, -0.15) is 0 Å². The van der Waals surface area contributed by atoms with Crippen LogP contribution in [0, 0.1) is 0 Å². The number of hydrogen-bond donors (Lipinski definition) is 0. The second-order valence-corrected chi connectivity index (χ2v) is 10.4. The lowest BCUT2D eigenvalue weighted by atomic mass is 10.1. The summed E-state index contributed by atoms with van der Waals surface area (Å²) in [5.74, 6) is 2.40. The molecule has 2 rings (SSSR count). The standard InChI is InChI=1S/C34H50O5/c1-8-11-16-25(4)37-29-23-28(34(33(24-29)36-7)39-27(6)18-13-10-3)21-22-31(35)30-19-14-15-20-32(30)38-26(5)17-12-9-2/h14-15,19-27H,8-13,16-18H2,1-7H3. The first-order chi connectivity index (χ1) is 18.8. The van der Waals surface area contributed by atoms with Gasteiger partial charge in [-0.1, -0.05) is 71.4 Å². The Labute approximate surface area is 236 Å². The van der Waals surface area contributed by atoms with E-state index in [1.165, 1.54) is 0 Å². The molecule has 0 heterocycles. The van der Waals surface area contributed by atoms with E-state index in [9.17, 15) is 4.79 Å². The summed E-state index contributed by atoms with van der Waals surface area (Å²) in [6, 6.07) is 11.3. The molecule has 5 nitrogen and oxygen atoms in total. The Kier molecular flexibility index (Phi) is 14.6. The predicted octanol–water partition coefficient (Wildman–Crippen LogP) is 9.46. The van der Waals surface area contributed by atoms with Crippen LogP contribution >= 0.6 is 0 Å². The summed E-state index contributed by atoms with van der Waals surface area (Å²) in [4.78, 5) is 13.4. The van der Waals surface area contributed by atoms with Crippen LogP contribution in [-0.4, -0.2) is 31.2 Å². The van der Waals surface area contributed by atoms with E-state index in [4.69, 9.17) is 18.9 Å². The molecule has 216 valence electrons. The first kappa shape index (κ1) is 32.3. The number of hydrogen-bond acceptors (Lipinski definition) is 5. The van der Waals surface area contributed by atoms with Gasteiger partial charge in [0.15, 0.2) is 17.3 Å². The van der Waals surface area contributed by atoms with Crippen LogP contribution in [0.3, 0.4) is 0 Å². The van der Waals surface area contributed by atoms with Gasteiger partial charge >= 0.3 is 0 Å². The summed E-state index contributed by atoms with van der Waals surface area (Å²) >= 11 is 0. The molecular formula is C34H50O5. The van der Waals surface area contributed by atoms with Crippen molar-refractivity contribution in [2.24, 2.45) is 0 Å². The smallest absolute Gasteiger partial charge is 0.189 e. The van der Waals surface area contributed by atoms with Crippen molar-refractivity contribution in [3.05, 3.63) is 53.6 Å². The lowest BCUT2D eigenvalue weighted by Gasteiger charge is -2.21. The van der Waals surface area contributed by atoms with E-state index in [1.807, 2.05) is 36.4 Å². The Bertz CT molecular complexity index is 1030. The summed E-state index contributed by atoms with van der Waals surface area (Å²) in [5.41, 5.74) is 1.29. The second-order valence-electron chi connectivity index (χ2n) is 10.4. The molecule has 0 aromatic heterocycles. The largest absolute Gasteiger partial charge is 0.493 e. The van der Waals surface area contributed by atoms with Crippen molar-refractivity contribution < 1.29 is 23.7 Å². The Morgan fingerprint density at radius 1 is 0.769 bits per heavy atom. The number of allylic oxidation sites excluding steroid dienone is 1. The monoisotopic (exact) mass is 538 g/mol. The number of ether oxygens (including phenoxy) is 4. The van der Waals surface area contributed by atoms with Crippen molar-refractivity contribution in [3.63, 3.8) is 0 Å². The Morgan fingerprint density at radius 3 is 1.92 bits per heavy atom. The van der Waals surface area contributed by atoms with Gasteiger partial charge in [0, 0.05) is 11.6 Å². The maximum atomic E-state index is 13.4. The van der Waals surface area contributed by atoms with Crippen molar-refractivity contribution in [1.29, 1.82) is 0 Å². The van der Waals surface area contributed by atoms with Gasteiger partial charge < -0.3 is 18.9 Å². The Hall–Kier alpha value is -2.95. The first-order valence-corrected chi connectivity index (χ1v) is 14.9. The number of methoxy groups -OCH3 is 1. The molecule has 3 atom stereocenters. The van der Waals surface area contributed by atoms with Gasteiger partial charge in [0.2, 0.25) is 0 Å². The van der Waals surface area contributed by atoms with Crippen molar-refractivity contribution in [2.75, 3.05) is 7.11 Å². The van der Waals surface area contributed by atoms with Crippen LogP contribution in [0.5, 0.6) is 23.0 Å². The van der Waals surface area contributed by atoms with E-state index >= 15 is 0 Å². The van der Waals surface area contributed by atoms with E-state index in [0.29, 0.717) is 28.6 Å². The molecule has 0 fully saturated rings. The minimum atomic E-state index is -0.125. The van der Waals surface area contributed by atoms with E-state index in [1.54, 1.807) is 19.3 Å². The number of rotatable bonds is 19. The molecule has 0 aliphatic rings. The molecule has 0 saturated heterocycles. The van der Waals surface area contributed by atoms with Crippen LogP contribution in [-0.2, 0) is 0 Å². The van der Waals surface area contributed by atoms with Gasteiger partial charge in [-0.3, -0.25) is 4.79 Å². The highest BCUT2D eigenvalue weighted by Crippen LogP contribution is 2.38. The molecule has 2 aromatic rings. The summed E-state index contributed by atoms with van der Waals surface area (Å²) in [5, 5.41) is 0. The molecule has 3 unspecified atom stereocenters. The average Bonchev–Trinajstić information content (AvgIpc) is 2.93. The van der Waals surface area contributed by atoms with Crippen LogP contribution in [0.15, 0.2) is 42.5 Å². The number of ketones is 1. The maximum Gasteiger partial charge on any atom is 0.189 e. The van der Waals surface area contributed by atoms with Crippen molar-refractivity contribution >= 4 is 11.9 Å². The summed E-state index contributed by atoms with van der Waals surface area (Å²) < 4.78 is 24.5. The highest BCUT2D eigenvalue weighted by atomic mass is 16.5. The summed E-state index contributed by atoms with van der Waals surface area (Å²) in [7, 11) is 1.63. The minimum Gasteiger partial charge on any atom is -0.493 e. The van der Waals surface area contributed by atoms with Crippen LogP contribution in [0.1, 0.15) is 115 Å². The zero-order valence-electron chi connectivity index (χ0n) is 25.3. The molecule has 0 aliphatic heterocycles. The number of benzene rings is 2. The molecule has 39 heavy (non-hydrogen) atoms. The van der Waals surface area contributed by atoms with Gasteiger partial charge in [0.25, 0.3) is 0 Å². The SMILES string of the molecule is CCCCC(C)Oc1cc(C=CC(=O)c2ccccc2OC(C)CCCC)c(OC(C)CCCC)c(OC)c1. The fourth-order valence-electron chi connectivity index (χ4n) is 4.40.